The lowest BCUT2D eigenvalue weighted by atomic mass is 10.1. The Kier molecular flexibility index (Phi) is 3.05. The van der Waals surface area contributed by atoms with Gasteiger partial charge in [0, 0.05) is 6.20 Å². The molecule has 19 heavy (non-hydrogen) atoms. The van der Waals surface area contributed by atoms with E-state index in [1.807, 2.05) is 0 Å². The summed E-state index contributed by atoms with van der Waals surface area (Å²) in [4.78, 5) is 15.3. The summed E-state index contributed by atoms with van der Waals surface area (Å²) in [6.07, 6.45) is 1.57. The molecule has 0 aromatic carbocycles. The minimum atomic E-state index is -1.03. The van der Waals surface area contributed by atoms with Crippen LogP contribution in [0.1, 0.15) is 32.9 Å². The van der Waals surface area contributed by atoms with E-state index >= 15 is 0 Å². The maximum Gasteiger partial charge on any atom is 0.339 e. The first kappa shape index (κ1) is 12.8. The number of rotatable bonds is 2. The largest absolute Gasteiger partial charge is 0.478 e. The van der Waals surface area contributed by atoms with Gasteiger partial charge in [0.25, 0.3) is 0 Å². The number of nitrogens with zero attached hydrogens (tertiary/aromatic N) is 4. The summed E-state index contributed by atoms with van der Waals surface area (Å²) in [6.45, 7) is 5.07. The topological polar surface area (TPSA) is 91.8 Å². The Hall–Kier alpha value is -2.68. The highest BCUT2D eigenvalue weighted by Gasteiger charge is 2.21. The molecule has 2 rings (SSSR count). The van der Waals surface area contributed by atoms with Gasteiger partial charge in [-0.2, -0.15) is 10.4 Å². The van der Waals surface area contributed by atoms with E-state index in [2.05, 4.69) is 16.2 Å². The fourth-order valence-electron chi connectivity index (χ4n) is 2.00. The molecule has 0 fully saturated rings. The lowest BCUT2D eigenvalue weighted by molar-refractivity contribution is 0.0695. The first-order valence-electron chi connectivity index (χ1n) is 5.63. The summed E-state index contributed by atoms with van der Waals surface area (Å²) in [6, 6.07) is 3.80. The summed E-state index contributed by atoms with van der Waals surface area (Å²) in [5.74, 6) is -0.678. The van der Waals surface area contributed by atoms with Gasteiger partial charge < -0.3 is 5.11 Å². The lowest BCUT2D eigenvalue weighted by Crippen LogP contribution is -2.07. The number of carbonyl (C=O) groups is 1. The van der Waals surface area contributed by atoms with Gasteiger partial charge in [-0.1, -0.05) is 0 Å². The Morgan fingerprint density at radius 1 is 1.42 bits per heavy atom. The molecule has 0 saturated heterocycles. The quantitative estimate of drug-likeness (QED) is 0.883. The third kappa shape index (κ3) is 1.95. The van der Waals surface area contributed by atoms with Crippen molar-refractivity contribution in [2.24, 2.45) is 0 Å². The standard InChI is InChI=1S/C13H12N4O2/c1-7-4-5-15-12(10(7)6-14)17-9(3)11(13(18)19)8(2)16-17/h4-5H,1-3H3,(H,18,19). The van der Waals surface area contributed by atoms with Gasteiger partial charge in [-0.3, -0.25) is 0 Å². The normalized spacial score (nSPS) is 10.2. The van der Waals surface area contributed by atoms with Crippen molar-refractivity contribution in [2.75, 3.05) is 0 Å². The van der Waals surface area contributed by atoms with E-state index in [1.165, 1.54) is 4.68 Å². The number of aromatic nitrogens is 3. The second kappa shape index (κ2) is 4.53. The number of aryl methyl sites for hydroxylation is 2. The predicted molar refractivity (Wildman–Crippen MR) is 67.2 cm³/mol. The molecule has 2 aromatic rings. The Balaban J connectivity index is 2.75. The lowest BCUT2D eigenvalue weighted by Gasteiger charge is -2.07. The van der Waals surface area contributed by atoms with E-state index in [0.29, 0.717) is 22.8 Å². The zero-order chi connectivity index (χ0) is 14.2. The smallest absolute Gasteiger partial charge is 0.339 e. The summed E-state index contributed by atoms with van der Waals surface area (Å²) < 4.78 is 1.41. The van der Waals surface area contributed by atoms with Crippen LogP contribution < -0.4 is 0 Å². The summed E-state index contributed by atoms with van der Waals surface area (Å²) in [7, 11) is 0. The second-order valence-electron chi connectivity index (χ2n) is 4.20. The van der Waals surface area contributed by atoms with Crippen LogP contribution in [-0.4, -0.2) is 25.8 Å². The Bertz CT molecular complexity index is 710. The molecule has 6 nitrogen and oxygen atoms in total. The highest BCUT2D eigenvalue weighted by atomic mass is 16.4. The van der Waals surface area contributed by atoms with Gasteiger partial charge in [-0.15, -0.1) is 0 Å². The predicted octanol–water partition coefficient (Wildman–Crippen LogP) is 1.76. The molecule has 0 aliphatic carbocycles. The molecule has 0 saturated carbocycles. The molecular weight excluding hydrogens is 244 g/mol. The Morgan fingerprint density at radius 3 is 2.63 bits per heavy atom. The maximum absolute atomic E-state index is 11.2. The second-order valence-corrected chi connectivity index (χ2v) is 4.20. The van der Waals surface area contributed by atoms with Crippen molar-refractivity contribution in [2.45, 2.75) is 20.8 Å². The summed E-state index contributed by atoms with van der Waals surface area (Å²) >= 11 is 0. The Labute approximate surface area is 109 Å². The van der Waals surface area contributed by atoms with Gasteiger partial charge in [0.05, 0.1) is 17.0 Å². The molecule has 6 heteroatoms. The molecule has 0 amide bonds. The zero-order valence-corrected chi connectivity index (χ0v) is 10.8. The molecule has 2 heterocycles. The van der Waals surface area contributed by atoms with Crippen molar-refractivity contribution in [1.29, 1.82) is 5.26 Å². The molecule has 0 aliphatic heterocycles. The fourth-order valence-corrected chi connectivity index (χ4v) is 2.00. The third-order valence-electron chi connectivity index (χ3n) is 2.96. The van der Waals surface area contributed by atoms with E-state index in [-0.39, 0.29) is 5.56 Å². The van der Waals surface area contributed by atoms with Crippen LogP contribution in [0.5, 0.6) is 0 Å². The number of nitriles is 1. The van der Waals surface area contributed by atoms with Crippen LogP contribution >= 0.6 is 0 Å². The zero-order valence-electron chi connectivity index (χ0n) is 10.8. The molecule has 1 N–H and O–H groups in total. The van der Waals surface area contributed by atoms with Crippen LogP contribution in [0.2, 0.25) is 0 Å². The number of hydrogen-bond donors (Lipinski definition) is 1. The SMILES string of the molecule is Cc1ccnc(-n2nc(C)c(C(=O)O)c2C)c1C#N. The number of pyridine rings is 1. The molecule has 96 valence electrons. The highest BCUT2D eigenvalue weighted by Crippen LogP contribution is 2.20. The van der Waals surface area contributed by atoms with Gasteiger partial charge in [0.1, 0.15) is 11.6 Å². The number of hydrogen-bond acceptors (Lipinski definition) is 4. The van der Waals surface area contributed by atoms with Crippen molar-refractivity contribution in [3.8, 4) is 11.9 Å². The summed E-state index contributed by atoms with van der Waals surface area (Å²) in [5.41, 5.74) is 2.17. The molecule has 0 aliphatic rings. The van der Waals surface area contributed by atoms with E-state index in [4.69, 9.17) is 5.11 Å². The monoisotopic (exact) mass is 256 g/mol. The highest BCUT2D eigenvalue weighted by molar-refractivity contribution is 5.90. The van der Waals surface area contributed by atoms with E-state index in [9.17, 15) is 10.1 Å². The molecule has 0 unspecified atom stereocenters. The van der Waals surface area contributed by atoms with Gasteiger partial charge >= 0.3 is 5.97 Å². The van der Waals surface area contributed by atoms with Crippen LogP contribution in [0, 0.1) is 32.1 Å². The van der Waals surface area contributed by atoms with Gasteiger partial charge in [-0.05, 0) is 32.4 Å². The van der Waals surface area contributed by atoms with E-state index in [0.717, 1.165) is 5.56 Å². The Morgan fingerprint density at radius 2 is 2.11 bits per heavy atom. The minimum Gasteiger partial charge on any atom is -0.478 e. The number of carboxylic acids is 1. The molecule has 0 atom stereocenters. The third-order valence-corrected chi connectivity index (χ3v) is 2.96. The molecule has 0 bridgehead atoms. The van der Waals surface area contributed by atoms with E-state index in [1.54, 1.807) is 33.0 Å². The van der Waals surface area contributed by atoms with E-state index < -0.39 is 5.97 Å². The van der Waals surface area contributed by atoms with Gasteiger partial charge in [0.15, 0.2) is 5.82 Å². The first-order valence-corrected chi connectivity index (χ1v) is 5.63. The van der Waals surface area contributed by atoms with Crippen LogP contribution in [-0.2, 0) is 0 Å². The number of carboxylic acid groups (broad SMARTS) is 1. The minimum absolute atomic E-state index is 0.146. The molecule has 0 radical (unpaired) electrons. The van der Waals surface area contributed by atoms with Crippen molar-refractivity contribution in [3.05, 3.63) is 40.3 Å². The van der Waals surface area contributed by atoms with Gasteiger partial charge in [0.2, 0.25) is 0 Å². The van der Waals surface area contributed by atoms with Crippen LogP contribution in [0.25, 0.3) is 5.82 Å². The molecule has 0 spiro atoms. The summed E-state index contributed by atoms with van der Waals surface area (Å²) in [5, 5.41) is 22.5. The van der Waals surface area contributed by atoms with Crippen LogP contribution in [0.15, 0.2) is 12.3 Å². The van der Waals surface area contributed by atoms with Crippen LogP contribution in [0.4, 0.5) is 0 Å². The van der Waals surface area contributed by atoms with Crippen molar-refractivity contribution >= 4 is 5.97 Å². The number of aromatic carboxylic acids is 1. The van der Waals surface area contributed by atoms with Crippen molar-refractivity contribution in [3.63, 3.8) is 0 Å². The van der Waals surface area contributed by atoms with Crippen molar-refractivity contribution < 1.29 is 9.90 Å². The molecule has 2 aromatic heterocycles. The first-order chi connectivity index (χ1) is 8.97. The fraction of sp³-hybridized carbons (Fsp3) is 0.231. The van der Waals surface area contributed by atoms with Gasteiger partial charge in [-0.25, -0.2) is 14.5 Å². The van der Waals surface area contributed by atoms with Crippen molar-refractivity contribution in [1.82, 2.24) is 14.8 Å². The maximum atomic E-state index is 11.2. The van der Waals surface area contributed by atoms with Crippen LogP contribution in [0.3, 0.4) is 0 Å². The molecular formula is C13H12N4O2. The average Bonchev–Trinajstić information content (AvgIpc) is 2.64. The average molecular weight is 256 g/mol.